The highest BCUT2D eigenvalue weighted by Crippen LogP contribution is 2.19. The number of halogens is 1. The summed E-state index contributed by atoms with van der Waals surface area (Å²) >= 11 is 0. The number of ether oxygens (including phenoxy) is 1. The van der Waals surface area contributed by atoms with Crippen LogP contribution in [0.3, 0.4) is 0 Å². The Labute approximate surface area is 155 Å². The number of nitrogens with zero attached hydrogens (tertiary/aromatic N) is 1. The van der Waals surface area contributed by atoms with Crippen molar-refractivity contribution < 1.29 is 14.3 Å². The molecule has 1 atom stereocenters. The molecule has 7 heteroatoms. The molecule has 0 saturated carbocycles. The van der Waals surface area contributed by atoms with E-state index in [0.717, 1.165) is 31.4 Å². The van der Waals surface area contributed by atoms with E-state index in [9.17, 15) is 9.59 Å². The summed E-state index contributed by atoms with van der Waals surface area (Å²) in [5.41, 5.74) is 7.35. The molecule has 1 fully saturated rings. The summed E-state index contributed by atoms with van der Waals surface area (Å²) in [5.74, 6) is -0.285. The zero-order chi connectivity index (χ0) is 17.5. The second-order valence-corrected chi connectivity index (χ2v) is 6.21. The predicted molar refractivity (Wildman–Crippen MR) is 101 cm³/mol. The summed E-state index contributed by atoms with van der Waals surface area (Å²) in [6, 6.07) is 7.19. The van der Waals surface area contributed by atoms with Gasteiger partial charge in [-0.15, -0.1) is 12.4 Å². The van der Waals surface area contributed by atoms with E-state index in [1.54, 1.807) is 12.1 Å². The molecule has 1 aromatic rings. The van der Waals surface area contributed by atoms with Crippen LogP contribution in [0.2, 0.25) is 0 Å². The molecule has 0 bridgehead atoms. The Morgan fingerprint density at radius 2 is 2.04 bits per heavy atom. The van der Waals surface area contributed by atoms with Crippen LogP contribution in [0.4, 0.5) is 5.69 Å². The van der Waals surface area contributed by atoms with Crippen LogP contribution in [-0.2, 0) is 9.53 Å². The molecule has 1 saturated heterocycles. The largest absolute Gasteiger partial charge is 0.465 e. The molecule has 0 aromatic heterocycles. The molecule has 1 aliphatic heterocycles. The maximum absolute atomic E-state index is 12.2. The van der Waals surface area contributed by atoms with Gasteiger partial charge < -0.3 is 20.7 Å². The van der Waals surface area contributed by atoms with Crippen molar-refractivity contribution in [2.75, 3.05) is 25.5 Å². The summed E-state index contributed by atoms with van der Waals surface area (Å²) in [5, 5.41) is 3.44. The number of methoxy groups -OCH3 is 1. The van der Waals surface area contributed by atoms with Gasteiger partial charge in [-0.05, 0) is 37.5 Å². The third-order valence-corrected chi connectivity index (χ3v) is 4.38. The fourth-order valence-corrected chi connectivity index (χ4v) is 3.00. The smallest absolute Gasteiger partial charge is 0.337 e. The Hall–Kier alpha value is -1.79. The number of nitrogens with one attached hydrogen (secondary N) is 1. The van der Waals surface area contributed by atoms with E-state index in [2.05, 4.69) is 5.32 Å². The molecule has 3 N–H and O–H groups in total. The molecular formula is C18H28ClN3O3. The molecule has 1 aliphatic rings. The van der Waals surface area contributed by atoms with Crippen LogP contribution in [0, 0.1) is 0 Å². The van der Waals surface area contributed by atoms with Gasteiger partial charge >= 0.3 is 5.97 Å². The molecule has 6 nitrogen and oxygen atoms in total. The van der Waals surface area contributed by atoms with Gasteiger partial charge in [0.1, 0.15) is 0 Å². The number of rotatable bonds is 6. The lowest BCUT2D eigenvalue weighted by Gasteiger charge is -2.34. The zero-order valence-corrected chi connectivity index (χ0v) is 15.7. The van der Waals surface area contributed by atoms with Gasteiger partial charge in [0.2, 0.25) is 5.91 Å². The number of nitrogens with two attached hydrogens (primary N) is 1. The van der Waals surface area contributed by atoms with Gasteiger partial charge in [0, 0.05) is 24.8 Å². The van der Waals surface area contributed by atoms with Crippen molar-refractivity contribution >= 4 is 30.0 Å². The normalized spacial score (nSPS) is 15.9. The predicted octanol–water partition coefficient (Wildman–Crippen LogP) is 2.43. The molecule has 2 rings (SSSR count). The summed E-state index contributed by atoms with van der Waals surface area (Å²) in [7, 11) is 1.37. The van der Waals surface area contributed by atoms with E-state index in [4.69, 9.17) is 10.5 Å². The van der Waals surface area contributed by atoms with Crippen molar-refractivity contribution in [2.45, 2.75) is 44.7 Å². The van der Waals surface area contributed by atoms with Gasteiger partial charge in [-0.2, -0.15) is 0 Å². The summed E-state index contributed by atoms with van der Waals surface area (Å²) in [6.07, 6.45) is 3.39. The van der Waals surface area contributed by atoms with Crippen LogP contribution >= 0.6 is 12.4 Å². The molecule has 25 heavy (non-hydrogen) atoms. The van der Waals surface area contributed by atoms with E-state index < -0.39 is 0 Å². The Morgan fingerprint density at radius 3 is 2.64 bits per heavy atom. The van der Waals surface area contributed by atoms with E-state index >= 15 is 0 Å². The fourth-order valence-electron chi connectivity index (χ4n) is 3.00. The Morgan fingerprint density at radius 1 is 1.36 bits per heavy atom. The highest BCUT2D eigenvalue weighted by atomic mass is 35.5. The maximum Gasteiger partial charge on any atom is 0.337 e. The molecule has 0 aliphatic carbocycles. The maximum atomic E-state index is 12.2. The highest BCUT2D eigenvalue weighted by molar-refractivity contribution is 5.90. The fraction of sp³-hybridized carbons (Fsp3) is 0.556. The molecule has 1 amide bonds. The first-order valence-electron chi connectivity index (χ1n) is 8.54. The highest BCUT2D eigenvalue weighted by Gasteiger charge is 2.25. The minimum Gasteiger partial charge on any atom is -0.465 e. The second kappa shape index (κ2) is 10.3. The number of benzene rings is 1. The Kier molecular flexibility index (Phi) is 8.72. The molecule has 1 heterocycles. The minimum absolute atomic E-state index is 0. The van der Waals surface area contributed by atoms with Crippen LogP contribution in [0.15, 0.2) is 24.3 Å². The van der Waals surface area contributed by atoms with Crippen molar-refractivity contribution in [3.05, 3.63) is 29.8 Å². The first-order chi connectivity index (χ1) is 11.5. The number of amides is 1. The van der Waals surface area contributed by atoms with Crippen LogP contribution in [0.5, 0.6) is 0 Å². The van der Waals surface area contributed by atoms with Crippen LogP contribution in [-0.4, -0.2) is 49.1 Å². The lowest BCUT2D eigenvalue weighted by atomic mass is 10.0. The lowest BCUT2D eigenvalue weighted by molar-refractivity contribution is -0.133. The number of hydrogen-bond acceptors (Lipinski definition) is 5. The number of anilines is 1. The van der Waals surface area contributed by atoms with Crippen LogP contribution in [0.1, 0.15) is 43.0 Å². The van der Waals surface area contributed by atoms with Gasteiger partial charge in [-0.25, -0.2) is 4.79 Å². The van der Waals surface area contributed by atoms with Gasteiger partial charge in [-0.1, -0.05) is 19.4 Å². The minimum atomic E-state index is -0.378. The SMILES string of the molecule is CCCC(N)C(=O)N1CCC(Nc2cccc(C(=O)OC)c2)CC1.Cl. The van der Waals surface area contributed by atoms with E-state index in [1.165, 1.54) is 7.11 Å². The lowest BCUT2D eigenvalue weighted by Crippen LogP contribution is -2.48. The number of piperidine rings is 1. The number of carbonyl (C=O) groups excluding carboxylic acids is 2. The van der Waals surface area contributed by atoms with Crippen molar-refractivity contribution in [1.82, 2.24) is 4.90 Å². The van der Waals surface area contributed by atoms with Crippen LogP contribution in [0.25, 0.3) is 0 Å². The molecule has 0 spiro atoms. The molecular weight excluding hydrogens is 342 g/mol. The standard InChI is InChI=1S/C18H27N3O3.ClH/c1-3-5-16(19)17(22)21-10-8-14(9-11-21)20-15-7-4-6-13(12-15)18(23)24-2;/h4,6-7,12,14,16,20H,3,5,8-11,19H2,1-2H3;1H. The number of esters is 1. The van der Waals surface area contributed by atoms with E-state index in [-0.39, 0.29) is 36.4 Å². The Bertz CT molecular complexity index is 574. The Balaban J connectivity index is 0.00000312. The third kappa shape index (κ3) is 5.90. The first kappa shape index (κ1) is 21.3. The van der Waals surface area contributed by atoms with Crippen molar-refractivity contribution in [3.8, 4) is 0 Å². The van der Waals surface area contributed by atoms with E-state index in [1.807, 2.05) is 24.0 Å². The van der Waals surface area contributed by atoms with Crippen LogP contribution < -0.4 is 11.1 Å². The average Bonchev–Trinajstić information content (AvgIpc) is 2.61. The molecule has 140 valence electrons. The average molecular weight is 370 g/mol. The summed E-state index contributed by atoms with van der Waals surface area (Å²) in [4.78, 5) is 25.7. The molecule has 1 aromatic carbocycles. The van der Waals surface area contributed by atoms with Gasteiger partial charge in [0.05, 0.1) is 18.7 Å². The topological polar surface area (TPSA) is 84.7 Å². The molecule has 0 radical (unpaired) electrons. The van der Waals surface area contributed by atoms with Crippen molar-refractivity contribution in [2.24, 2.45) is 5.73 Å². The van der Waals surface area contributed by atoms with Gasteiger partial charge in [-0.3, -0.25) is 4.79 Å². The van der Waals surface area contributed by atoms with Gasteiger partial charge in [0.15, 0.2) is 0 Å². The number of hydrogen-bond donors (Lipinski definition) is 2. The van der Waals surface area contributed by atoms with Gasteiger partial charge in [0.25, 0.3) is 0 Å². The summed E-state index contributed by atoms with van der Waals surface area (Å²) in [6.45, 7) is 3.46. The van der Waals surface area contributed by atoms with Crippen molar-refractivity contribution in [1.29, 1.82) is 0 Å². The van der Waals surface area contributed by atoms with Crippen molar-refractivity contribution in [3.63, 3.8) is 0 Å². The van der Waals surface area contributed by atoms with E-state index in [0.29, 0.717) is 18.7 Å². The zero-order valence-electron chi connectivity index (χ0n) is 14.9. The third-order valence-electron chi connectivity index (χ3n) is 4.38. The summed E-state index contributed by atoms with van der Waals surface area (Å²) < 4.78 is 4.74. The monoisotopic (exact) mass is 369 g/mol. The molecule has 1 unspecified atom stereocenters. The quantitative estimate of drug-likeness (QED) is 0.752. The second-order valence-electron chi connectivity index (χ2n) is 6.21. The first-order valence-corrected chi connectivity index (χ1v) is 8.54. The number of carbonyl (C=O) groups is 2. The number of likely N-dealkylation sites (tertiary alicyclic amines) is 1.